The lowest BCUT2D eigenvalue weighted by molar-refractivity contribution is -0.160. The number of hydrogen-bond acceptors (Lipinski definition) is 6. The SMILES string of the molecule is CC(C)(C)C1OC(c2ccncc2NC(=O)c2csc(-c3c(F)cccc3F)n2)CCC1O. The largest absolute Gasteiger partial charge is 0.390 e. The highest BCUT2D eigenvalue weighted by molar-refractivity contribution is 7.13. The molecule has 3 unspecified atom stereocenters. The average molecular weight is 474 g/mol. The van der Waals surface area contributed by atoms with E-state index in [-0.39, 0.29) is 33.9 Å². The molecule has 3 heterocycles. The van der Waals surface area contributed by atoms with E-state index in [0.717, 1.165) is 29.0 Å². The van der Waals surface area contributed by atoms with Gasteiger partial charge < -0.3 is 15.2 Å². The van der Waals surface area contributed by atoms with Gasteiger partial charge in [-0.1, -0.05) is 26.8 Å². The molecule has 1 fully saturated rings. The van der Waals surface area contributed by atoms with Gasteiger partial charge in [-0.15, -0.1) is 11.3 Å². The molecule has 33 heavy (non-hydrogen) atoms. The van der Waals surface area contributed by atoms with Gasteiger partial charge in [0.25, 0.3) is 5.91 Å². The molecule has 1 amide bonds. The number of aliphatic hydroxyl groups excluding tert-OH is 1. The van der Waals surface area contributed by atoms with Crippen molar-refractivity contribution in [2.24, 2.45) is 5.41 Å². The zero-order valence-corrected chi connectivity index (χ0v) is 19.3. The first-order valence-electron chi connectivity index (χ1n) is 10.6. The van der Waals surface area contributed by atoms with E-state index in [4.69, 9.17) is 4.74 Å². The van der Waals surface area contributed by atoms with Gasteiger partial charge in [0, 0.05) is 17.1 Å². The van der Waals surface area contributed by atoms with Crippen LogP contribution in [0.2, 0.25) is 0 Å². The van der Waals surface area contributed by atoms with Gasteiger partial charge in [-0.25, -0.2) is 13.8 Å². The van der Waals surface area contributed by atoms with Crippen molar-refractivity contribution in [3.05, 3.63) is 64.9 Å². The van der Waals surface area contributed by atoms with Crippen LogP contribution in [-0.2, 0) is 4.74 Å². The van der Waals surface area contributed by atoms with Gasteiger partial charge in [0.1, 0.15) is 22.3 Å². The Balaban J connectivity index is 1.56. The van der Waals surface area contributed by atoms with E-state index < -0.39 is 23.6 Å². The van der Waals surface area contributed by atoms with E-state index in [1.165, 1.54) is 17.6 Å². The molecule has 1 saturated heterocycles. The minimum absolute atomic E-state index is 0.0417. The minimum atomic E-state index is -0.740. The van der Waals surface area contributed by atoms with E-state index >= 15 is 0 Å². The number of aromatic nitrogens is 2. The lowest BCUT2D eigenvalue weighted by Crippen LogP contribution is -2.44. The number of amides is 1. The predicted molar refractivity (Wildman–Crippen MR) is 122 cm³/mol. The third kappa shape index (κ3) is 4.95. The summed E-state index contributed by atoms with van der Waals surface area (Å²) in [4.78, 5) is 21.1. The smallest absolute Gasteiger partial charge is 0.275 e. The van der Waals surface area contributed by atoms with Crippen molar-refractivity contribution in [1.82, 2.24) is 9.97 Å². The van der Waals surface area contributed by atoms with Crippen LogP contribution in [0.3, 0.4) is 0 Å². The Labute approximate surface area is 194 Å². The number of ether oxygens (including phenoxy) is 1. The van der Waals surface area contributed by atoms with Crippen molar-refractivity contribution >= 4 is 22.9 Å². The van der Waals surface area contributed by atoms with E-state index in [9.17, 15) is 18.7 Å². The normalized spacial score (nSPS) is 21.1. The molecule has 1 aromatic carbocycles. The first-order chi connectivity index (χ1) is 15.6. The number of carbonyl (C=O) groups is 1. The summed E-state index contributed by atoms with van der Waals surface area (Å²) in [5.74, 6) is -2.00. The maximum absolute atomic E-state index is 14.1. The fourth-order valence-corrected chi connectivity index (χ4v) is 4.84. The Morgan fingerprint density at radius 2 is 1.94 bits per heavy atom. The van der Waals surface area contributed by atoms with Gasteiger partial charge in [-0.2, -0.15) is 0 Å². The number of pyridine rings is 1. The number of nitrogens with zero attached hydrogens (tertiary/aromatic N) is 2. The first-order valence-corrected chi connectivity index (χ1v) is 11.5. The van der Waals surface area contributed by atoms with Crippen molar-refractivity contribution in [3.63, 3.8) is 0 Å². The Morgan fingerprint density at radius 3 is 2.64 bits per heavy atom. The van der Waals surface area contributed by atoms with Crippen LogP contribution in [0.4, 0.5) is 14.5 Å². The van der Waals surface area contributed by atoms with Crippen LogP contribution >= 0.6 is 11.3 Å². The molecule has 9 heteroatoms. The Hall–Kier alpha value is -2.75. The van der Waals surface area contributed by atoms with Gasteiger partial charge in [0.05, 0.1) is 35.8 Å². The average Bonchev–Trinajstić information content (AvgIpc) is 3.23. The topological polar surface area (TPSA) is 84.3 Å². The molecule has 3 atom stereocenters. The number of rotatable bonds is 4. The van der Waals surface area contributed by atoms with E-state index in [0.29, 0.717) is 18.5 Å². The second-order valence-electron chi connectivity index (χ2n) is 9.11. The fourth-order valence-electron chi connectivity index (χ4n) is 3.99. The van der Waals surface area contributed by atoms with Crippen molar-refractivity contribution in [3.8, 4) is 10.6 Å². The molecule has 0 aliphatic carbocycles. The summed E-state index contributed by atoms with van der Waals surface area (Å²) < 4.78 is 34.4. The molecule has 174 valence electrons. The van der Waals surface area contributed by atoms with Crippen LogP contribution in [0, 0.1) is 17.0 Å². The van der Waals surface area contributed by atoms with Crippen molar-refractivity contribution < 1.29 is 23.4 Å². The summed E-state index contributed by atoms with van der Waals surface area (Å²) in [6.45, 7) is 6.03. The number of thiazole rings is 1. The van der Waals surface area contributed by atoms with Crippen LogP contribution in [0.1, 0.15) is 55.8 Å². The lowest BCUT2D eigenvalue weighted by atomic mass is 9.81. The molecular weight excluding hydrogens is 448 g/mol. The molecule has 0 spiro atoms. The molecular formula is C24H25F2N3O3S. The highest BCUT2D eigenvalue weighted by Gasteiger charge is 2.39. The van der Waals surface area contributed by atoms with Crippen LogP contribution in [0.25, 0.3) is 10.6 Å². The second-order valence-corrected chi connectivity index (χ2v) is 9.97. The number of aliphatic hydroxyl groups is 1. The zero-order valence-electron chi connectivity index (χ0n) is 18.5. The molecule has 3 aromatic rings. The van der Waals surface area contributed by atoms with Gasteiger partial charge in [0.15, 0.2) is 0 Å². The maximum atomic E-state index is 14.1. The highest BCUT2D eigenvalue weighted by atomic mass is 32.1. The standard InChI is InChI=1S/C24H25F2N3O3S/c1-24(2,3)21-18(30)7-8-19(32-21)13-9-10-27-11-16(13)28-22(31)17-12-33-23(29-17)20-14(25)5-4-6-15(20)26/h4-6,9-12,18-19,21,30H,7-8H2,1-3H3,(H,28,31). The summed E-state index contributed by atoms with van der Waals surface area (Å²) >= 11 is 0.985. The molecule has 4 rings (SSSR count). The quantitative estimate of drug-likeness (QED) is 0.533. The molecule has 2 aromatic heterocycles. The van der Waals surface area contributed by atoms with Gasteiger partial charge in [-0.3, -0.25) is 9.78 Å². The van der Waals surface area contributed by atoms with Crippen molar-refractivity contribution in [1.29, 1.82) is 0 Å². The molecule has 0 bridgehead atoms. The van der Waals surface area contributed by atoms with Crippen LogP contribution in [0.5, 0.6) is 0 Å². The van der Waals surface area contributed by atoms with Gasteiger partial charge >= 0.3 is 0 Å². The van der Waals surface area contributed by atoms with Gasteiger partial charge in [0.2, 0.25) is 0 Å². The Bertz CT molecular complexity index is 1140. The number of carbonyl (C=O) groups excluding carboxylic acids is 1. The van der Waals surface area contributed by atoms with E-state index in [1.807, 2.05) is 20.8 Å². The number of hydrogen-bond donors (Lipinski definition) is 2. The van der Waals surface area contributed by atoms with Crippen molar-refractivity contribution in [2.45, 2.75) is 51.9 Å². The number of halogens is 2. The zero-order chi connectivity index (χ0) is 23.8. The summed E-state index contributed by atoms with van der Waals surface area (Å²) in [6, 6.07) is 5.34. The van der Waals surface area contributed by atoms with Crippen LogP contribution in [0.15, 0.2) is 42.0 Å². The Kier molecular flexibility index (Phi) is 6.56. The fraction of sp³-hybridized carbons (Fsp3) is 0.375. The first kappa shape index (κ1) is 23.4. The summed E-state index contributed by atoms with van der Waals surface area (Å²) in [5, 5.41) is 14.7. The molecule has 0 radical (unpaired) electrons. The minimum Gasteiger partial charge on any atom is -0.390 e. The Morgan fingerprint density at radius 1 is 1.21 bits per heavy atom. The number of nitrogens with one attached hydrogen (secondary N) is 1. The molecule has 6 nitrogen and oxygen atoms in total. The van der Waals surface area contributed by atoms with Crippen molar-refractivity contribution in [2.75, 3.05) is 5.32 Å². The third-order valence-electron chi connectivity index (χ3n) is 5.60. The number of anilines is 1. The second kappa shape index (κ2) is 9.24. The highest BCUT2D eigenvalue weighted by Crippen LogP contribution is 2.40. The predicted octanol–water partition coefficient (Wildman–Crippen LogP) is 5.36. The van der Waals surface area contributed by atoms with Gasteiger partial charge in [-0.05, 0) is 36.5 Å². The maximum Gasteiger partial charge on any atom is 0.275 e. The monoisotopic (exact) mass is 473 g/mol. The van der Waals surface area contributed by atoms with Crippen LogP contribution in [-0.4, -0.2) is 33.2 Å². The summed E-state index contributed by atoms with van der Waals surface area (Å²) in [7, 11) is 0. The molecule has 2 N–H and O–H groups in total. The van der Waals surface area contributed by atoms with E-state index in [2.05, 4.69) is 15.3 Å². The lowest BCUT2D eigenvalue weighted by Gasteiger charge is -2.41. The molecule has 1 aliphatic rings. The number of benzene rings is 1. The van der Waals surface area contributed by atoms with Crippen LogP contribution < -0.4 is 5.32 Å². The third-order valence-corrected chi connectivity index (χ3v) is 6.46. The summed E-state index contributed by atoms with van der Waals surface area (Å²) in [5.41, 5.74) is 0.734. The van der Waals surface area contributed by atoms with E-state index in [1.54, 1.807) is 12.3 Å². The summed E-state index contributed by atoms with van der Waals surface area (Å²) in [6.07, 6.45) is 3.07. The molecule has 1 aliphatic heterocycles. The molecule has 0 saturated carbocycles.